The summed E-state index contributed by atoms with van der Waals surface area (Å²) in [7, 11) is 3.92. The average Bonchev–Trinajstić information content (AvgIpc) is 2.75. The Kier molecular flexibility index (Phi) is 23.2. The first-order chi connectivity index (χ1) is 14.7. The van der Waals surface area contributed by atoms with Gasteiger partial charge in [0.1, 0.15) is 6.17 Å². The normalized spacial score (nSPS) is 13.6. The number of hydrogen-bond acceptors (Lipinski definition) is 4. The molecule has 0 bridgehead atoms. The van der Waals surface area contributed by atoms with Gasteiger partial charge in [0.2, 0.25) is 0 Å². The van der Waals surface area contributed by atoms with Crippen molar-refractivity contribution in [2.75, 3.05) is 14.1 Å². The minimum absolute atomic E-state index is 0.0324. The number of aliphatic hydroxyl groups is 1. The van der Waals surface area contributed by atoms with E-state index in [2.05, 4.69) is 19.1 Å². The molecule has 0 aromatic heterocycles. The van der Waals surface area contributed by atoms with E-state index in [1.807, 2.05) is 27.9 Å². The van der Waals surface area contributed by atoms with E-state index in [0.717, 1.165) is 32.1 Å². The predicted molar refractivity (Wildman–Crippen MR) is 131 cm³/mol. The lowest BCUT2D eigenvalue weighted by Crippen LogP contribution is -2.59. The molecule has 2 atom stereocenters. The number of allylic oxidation sites excluding steroid dienone is 2. The molecule has 5 heteroatoms. The van der Waals surface area contributed by atoms with Crippen LogP contribution in [0.2, 0.25) is 0 Å². The summed E-state index contributed by atoms with van der Waals surface area (Å²) in [4.78, 5) is 10.2. The Labute approximate surface area is 193 Å². The zero-order chi connectivity index (χ0) is 24.0. The van der Waals surface area contributed by atoms with Gasteiger partial charge in [-0.2, -0.15) is 0 Å². The van der Waals surface area contributed by atoms with Crippen molar-refractivity contribution < 1.29 is 19.5 Å². The van der Waals surface area contributed by atoms with Crippen LogP contribution in [0.15, 0.2) is 12.2 Å². The third-order valence-electron chi connectivity index (χ3n) is 6.05. The summed E-state index contributed by atoms with van der Waals surface area (Å²) in [5.41, 5.74) is 5.84. The van der Waals surface area contributed by atoms with Gasteiger partial charge in [-0.25, -0.2) is 0 Å². The van der Waals surface area contributed by atoms with Crippen LogP contribution >= 0.6 is 0 Å². The van der Waals surface area contributed by atoms with E-state index in [1.54, 1.807) is 0 Å². The number of quaternary nitrogens is 1. The van der Waals surface area contributed by atoms with Gasteiger partial charge in [0.15, 0.2) is 6.23 Å². The average molecular weight is 443 g/mol. The molecule has 0 aromatic carbocycles. The quantitative estimate of drug-likeness (QED) is 0.124. The Morgan fingerprint density at radius 3 is 1.71 bits per heavy atom. The molecule has 0 aromatic rings. The van der Waals surface area contributed by atoms with Crippen LogP contribution in [-0.2, 0) is 4.79 Å². The lowest BCUT2D eigenvalue weighted by atomic mass is 10.1. The van der Waals surface area contributed by atoms with Crippen molar-refractivity contribution in [2.24, 2.45) is 5.73 Å². The molecule has 0 amide bonds. The second-order valence-corrected chi connectivity index (χ2v) is 9.20. The highest BCUT2D eigenvalue weighted by Crippen LogP contribution is 2.12. The maximum atomic E-state index is 10.2. The molecule has 0 heterocycles. The van der Waals surface area contributed by atoms with Crippen molar-refractivity contribution in [3.63, 3.8) is 0 Å². The monoisotopic (exact) mass is 442 g/mol. The Morgan fingerprint density at radius 1 is 0.839 bits per heavy atom. The standard InChI is InChI=1S/C18H34O2.C8H21N2O/c1-2-3-4-5-6-7-8-9-10-11-12-13-14-15-16-17-18(19)20;1-5-7(9)10(3,4)8(11)6-2/h9-10H,2-8,11-17H2,1H3,(H,19,20);7-8,11H,5-6,9H2,1-4H3/q;+1/p-1/b10-9-;. The maximum absolute atomic E-state index is 10.2. The molecule has 0 aliphatic rings. The van der Waals surface area contributed by atoms with Gasteiger partial charge >= 0.3 is 0 Å². The number of unbranched alkanes of at least 4 members (excludes halogenated alkanes) is 11. The number of carboxylic acid groups (broad SMARTS) is 1. The van der Waals surface area contributed by atoms with Crippen LogP contribution in [0.25, 0.3) is 0 Å². The van der Waals surface area contributed by atoms with Gasteiger partial charge in [-0.05, 0) is 38.5 Å². The molecular formula is C26H54N2O3. The lowest BCUT2D eigenvalue weighted by Gasteiger charge is -2.38. The van der Waals surface area contributed by atoms with E-state index in [1.165, 1.54) is 64.2 Å². The van der Waals surface area contributed by atoms with Gasteiger partial charge in [-0.15, -0.1) is 0 Å². The van der Waals surface area contributed by atoms with Crippen LogP contribution in [-0.4, -0.2) is 42.0 Å². The summed E-state index contributed by atoms with van der Waals surface area (Å²) in [5.74, 6) is -0.914. The SMILES string of the molecule is CCC(N)[N+](C)(C)C(O)CC.CCCCCCCC/C=C\CCCCCCCC(=O)[O-]. The molecule has 0 fully saturated rings. The maximum Gasteiger partial charge on any atom is 0.191 e. The fourth-order valence-electron chi connectivity index (χ4n) is 3.50. The summed E-state index contributed by atoms with van der Waals surface area (Å²) in [6.07, 6.45) is 22.2. The Hall–Kier alpha value is -0.910. The molecule has 0 aliphatic heterocycles. The van der Waals surface area contributed by atoms with Crippen molar-refractivity contribution in [2.45, 2.75) is 136 Å². The zero-order valence-electron chi connectivity index (χ0n) is 21.4. The third kappa shape index (κ3) is 20.7. The van der Waals surface area contributed by atoms with Crippen molar-refractivity contribution in [3.8, 4) is 0 Å². The highest BCUT2D eigenvalue weighted by Gasteiger charge is 2.29. The number of nitrogens with two attached hydrogens (primary N) is 1. The van der Waals surface area contributed by atoms with E-state index < -0.39 is 5.97 Å². The Balaban J connectivity index is 0. The van der Waals surface area contributed by atoms with Gasteiger partial charge < -0.3 is 15.0 Å². The Morgan fingerprint density at radius 2 is 1.29 bits per heavy atom. The third-order valence-corrected chi connectivity index (χ3v) is 6.05. The molecule has 0 radical (unpaired) electrons. The summed E-state index contributed by atoms with van der Waals surface area (Å²) in [5, 5.41) is 19.8. The number of hydrogen-bond donors (Lipinski definition) is 2. The van der Waals surface area contributed by atoms with Crippen LogP contribution in [0.4, 0.5) is 0 Å². The number of rotatable bonds is 19. The predicted octanol–water partition coefficient (Wildman–Crippen LogP) is 5.26. The second kappa shape index (κ2) is 22.3. The second-order valence-electron chi connectivity index (χ2n) is 9.20. The molecule has 0 aliphatic carbocycles. The van der Waals surface area contributed by atoms with Gasteiger partial charge in [0, 0.05) is 18.8 Å². The van der Waals surface area contributed by atoms with Gasteiger partial charge in [0.05, 0.1) is 14.1 Å². The minimum Gasteiger partial charge on any atom is -0.550 e. The molecule has 0 rings (SSSR count). The van der Waals surface area contributed by atoms with Crippen molar-refractivity contribution in [3.05, 3.63) is 12.2 Å². The molecular weight excluding hydrogens is 388 g/mol. The van der Waals surface area contributed by atoms with Crippen molar-refractivity contribution in [1.82, 2.24) is 0 Å². The zero-order valence-corrected chi connectivity index (χ0v) is 21.4. The number of nitrogens with zero attached hydrogens (tertiary/aromatic N) is 1. The highest BCUT2D eigenvalue weighted by atomic mass is 16.4. The van der Waals surface area contributed by atoms with E-state index in [0.29, 0.717) is 4.48 Å². The molecule has 5 nitrogen and oxygen atoms in total. The summed E-state index contributed by atoms with van der Waals surface area (Å²) in [6, 6.07) is 0. The van der Waals surface area contributed by atoms with E-state index >= 15 is 0 Å². The topological polar surface area (TPSA) is 86.4 Å². The fourth-order valence-corrected chi connectivity index (χ4v) is 3.50. The van der Waals surface area contributed by atoms with E-state index in [9.17, 15) is 15.0 Å². The molecule has 0 saturated heterocycles. The molecule has 2 unspecified atom stereocenters. The van der Waals surface area contributed by atoms with Gasteiger partial charge in [0.25, 0.3) is 0 Å². The number of carboxylic acids is 1. The largest absolute Gasteiger partial charge is 0.550 e. The number of aliphatic hydroxyl groups excluding tert-OH is 1. The summed E-state index contributed by atoms with van der Waals surface area (Å²) >= 11 is 0. The molecule has 31 heavy (non-hydrogen) atoms. The van der Waals surface area contributed by atoms with Gasteiger partial charge in [-0.1, -0.05) is 84.3 Å². The Bertz CT molecular complexity index is 413. The molecule has 0 saturated carbocycles. The van der Waals surface area contributed by atoms with Crippen LogP contribution in [0.1, 0.15) is 124 Å². The van der Waals surface area contributed by atoms with Crippen molar-refractivity contribution in [1.29, 1.82) is 0 Å². The first-order valence-corrected chi connectivity index (χ1v) is 12.9. The summed E-state index contributed by atoms with van der Waals surface area (Å²) in [6.45, 7) is 6.26. The molecule has 0 spiro atoms. The lowest BCUT2D eigenvalue weighted by molar-refractivity contribution is -0.959. The van der Waals surface area contributed by atoms with E-state index in [4.69, 9.17) is 5.73 Å². The van der Waals surface area contributed by atoms with Crippen LogP contribution in [0.3, 0.4) is 0 Å². The number of carbonyl (C=O) groups excluding carboxylic acids is 1. The molecule has 186 valence electrons. The van der Waals surface area contributed by atoms with Gasteiger partial charge in [-0.3, -0.25) is 10.2 Å². The van der Waals surface area contributed by atoms with Crippen LogP contribution in [0.5, 0.6) is 0 Å². The van der Waals surface area contributed by atoms with Crippen LogP contribution < -0.4 is 10.8 Å². The van der Waals surface area contributed by atoms with Crippen LogP contribution in [0, 0.1) is 0 Å². The summed E-state index contributed by atoms with van der Waals surface area (Å²) < 4.78 is 0.493. The fraction of sp³-hybridized carbons (Fsp3) is 0.885. The van der Waals surface area contributed by atoms with E-state index in [-0.39, 0.29) is 18.8 Å². The minimum atomic E-state index is -0.914. The number of carbonyl (C=O) groups is 1. The highest BCUT2D eigenvalue weighted by molar-refractivity contribution is 5.63. The first kappa shape index (κ1) is 32.3. The van der Waals surface area contributed by atoms with Crippen molar-refractivity contribution >= 4 is 5.97 Å². The smallest absolute Gasteiger partial charge is 0.191 e. The number of aliphatic carboxylic acids is 1. The molecule has 3 N–H and O–H groups in total. The first-order valence-electron chi connectivity index (χ1n) is 12.9.